The van der Waals surface area contributed by atoms with E-state index in [0.717, 1.165) is 31.2 Å². The highest BCUT2D eigenvalue weighted by Crippen LogP contribution is 2.21. The van der Waals surface area contributed by atoms with Gasteiger partial charge in [-0.25, -0.2) is 8.42 Å². The number of nitrogens with zero attached hydrogens (tertiary/aromatic N) is 1. The molecule has 0 bridgehead atoms. The molecule has 1 aliphatic rings. The normalized spacial score (nSPS) is 16.2. The van der Waals surface area contributed by atoms with E-state index < -0.39 is 16.1 Å². The first-order valence-electron chi connectivity index (χ1n) is 11.9. The van der Waals surface area contributed by atoms with Gasteiger partial charge in [0.25, 0.3) is 5.91 Å². The van der Waals surface area contributed by atoms with Crippen LogP contribution >= 0.6 is 0 Å². The van der Waals surface area contributed by atoms with Crippen LogP contribution in [0.4, 0.5) is 0 Å². The zero-order chi connectivity index (χ0) is 23.8. The Kier molecular flexibility index (Phi) is 8.92. The van der Waals surface area contributed by atoms with Crippen molar-refractivity contribution < 1.29 is 17.9 Å². The van der Waals surface area contributed by atoms with Crippen molar-refractivity contribution in [1.29, 1.82) is 0 Å². The van der Waals surface area contributed by atoms with Crippen molar-refractivity contribution in [2.75, 3.05) is 19.6 Å². The Morgan fingerprint density at radius 1 is 0.939 bits per heavy atom. The number of nitrogens with one attached hydrogen (secondary N) is 1. The van der Waals surface area contributed by atoms with Crippen LogP contribution in [0, 0.1) is 0 Å². The molecular formula is C26H36N2O4S. The van der Waals surface area contributed by atoms with Crippen LogP contribution in [0.2, 0.25) is 0 Å². The molecule has 1 aliphatic heterocycles. The molecule has 180 valence electrons. The lowest BCUT2D eigenvalue weighted by Gasteiger charge is -2.20. The smallest absolute Gasteiger partial charge is 0.260 e. The lowest BCUT2D eigenvalue weighted by molar-refractivity contribution is -0.127. The first-order valence-corrected chi connectivity index (χ1v) is 13.3. The van der Waals surface area contributed by atoms with Crippen molar-refractivity contribution in [2.45, 2.75) is 69.8 Å². The zero-order valence-electron chi connectivity index (χ0n) is 19.9. The van der Waals surface area contributed by atoms with Gasteiger partial charge >= 0.3 is 0 Å². The van der Waals surface area contributed by atoms with Crippen LogP contribution in [0.15, 0.2) is 53.4 Å². The van der Waals surface area contributed by atoms with Crippen molar-refractivity contribution in [3.8, 4) is 5.75 Å². The van der Waals surface area contributed by atoms with Gasteiger partial charge in [0.05, 0.1) is 4.90 Å². The third-order valence-electron chi connectivity index (χ3n) is 6.07. The Balaban J connectivity index is 1.47. The first kappa shape index (κ1) is 25.2. The van der Waals surface area contributed by atoms with E-state index in [1.54, 1.807) is 23.4 Å². The van der Waals surface area contributed by atoms with Crippen LogP contribution in [0.3, 0.4) is 0 Å². The Bertz CT molecular complexity index is 994. The summed E-state index contributed by atoms with van der Waals surface area (Å²) in [6, 6.07) is 14.8. The third kappa shape index (κ3) is 7.05. The summed E-state index contributed by atoms with van der Waals surface area (Å²) in [6.07, 6.45) is 4.03. The molecule has 1 heterocycles. The van der Waals surface area contributed by atoms with Crippen molar-refractivity contribution in [3.05, 3.63) is 59.7 Å². The molecule has 1 unspecified atom stereocenters. The fraction of sp³-hybridized carbons (Fsp3) is 0.500. The van der Waals surface area contributed by atoms with Crippen molar-refractivity contribution >= 4 is 15.9 Å². The summed E-state index contributed by atoms with van der Waals surface area (Å²) in [7, 11) is -3.44. The number of hydrogen-bond acceptors (Lipinski definition) is 4. The van der Waals surface area contributed by atoms with Crippen LogP contribution in [0.25, 0.3) is 0 Å². The Hall–Kier alpha value is -2.38. The maximum atomic E-state index is 12.9. The summed E-state index contributed by atoms with van der Waals surface area (Å²) in [5.41, 5.74) is 2.20. The van der Waals surface area contributed by atoms with Gasteiger partial charge in [-0.1, -0.05) is 51.0 Å². The molecule has 0 radical (unpaired) electrons. The number of ether oxygens (including phenoxy) is 1. The van der Waals surface area contributed by atoms with Gasteiger partial charge in [-0.3, -0.25) is 4.79 Å². The molecule has 1 fully saturated rings. The summed E-state index contributed by atoms with van der Waals surface area (Å²) in [5.74, 6) is 0.940. The predicted molar refractivity (Wildman–Crippen MR) is 131 cm³/mol. The van der Waals surface area contributed by atoms with Crippen LogP contribution < -0.4 is 10.1 Å². The van der Waals surface area contributed by atoms with E-state index in [4.69, 9.17) is 4.74 Å². The molecule has 1 saturated heterocycles. The molecule has 3 rings (SSSR count). The monoisotopic (exact) mass is 472 g/mol. The van der Waals surface area contributed by atoms with Gasteiger partial charge in [-0.15, -0.1) is 0 Å². The zero-order valence-corrected chi connectivity index (χ0v) is 20.7. The number of carbonyl (C=O) groups excluding carboxylic acids is 1. The Labute approximate surface area is 198 Å². The molecule has 0 saturated carbocycles. The van der Waals surface area contributed by atoms with Gasteiger partial charge in [0.2, 0.25) is 10.0 Å². The molecule has 6 nitrogen and oxygen atoms in total. The van der Waals surface area contributed by atoms with Gasteiger partial charge in [0, 0.05) is 19.6 Å². The van der Waals surface area contributed by atoms with Crippen molar-refractivity contribution in [2.24, 2.45) is 0 Å². The molecule has 2 aromatic rings. The van der Waals surface area contributed by atoms with Crippen molar-refractivity contribution in [1.82, 2.24) is 9.62 Å². The quantitative estimate of drug-likeness (QED) is 0.583. The second-order valence-corrected chi connectivity index (χ2v) is 10.9. The summed E-state index contributed by atoms with van der Waals surface area (Å²) < 4.78 is 33.1. The maximum absolute atomic E-state index is 12.9. The van der Waals surface area contributed by atoms with E-state index in [0.29, 0.717) is 42.6 Å². The number of rotatable bonds is 9. The van der Waals surface area contributed by atoms with Gasteiger partial charge in [0.1, 0.15) is 5.75 Å². The Morgan fingerprint density at radius 2 is 1.55 bits per heavy atom. The van der Waals surface area contributed by atoms with E-state index in [1.807, 2.05) is 36.4 Å². The molecule has 1 atom stereocenters. The summed E-state index contributed by atoms with van der Waals surface area (Å²) in [5, 5.41) is 2.89. The lowest BCUT2D eigenvalue weighted by Crippen LogP contribution is -2.37. The Morgan fingerprint density at radius 3 is 2.12 bits per heavy atom. The molecule has 1 N–H and O–H groups in total. The van der Waals surface area contributed by atoms with E-state index in [1.165, 1.54) is 5.56 Å². The largest absolute Gasteiger partial charge is 0.481 e. The highest BCUT2D eigenvalue weighted by Gasteiger charge is 2.24. The third-order valence-corrected chi connectivity index (χ3v) is 7.98. The fourth-order valence-electron chi connectivity index (χ4n) is 3.92. The number of sulfonamides is 1. The molecule has 1 amide bonds. The number of carbonyl (C=O) groups is 1. The van der Waals surface area contributed by atoms with E-state index in [2.05, 4.69) is 19.2 Å². The van der Waals surface area contributed by atoms with E-state index >= 15 is 0 Å². The maximum Gasteiger partial charge on any atom is 0.260 e. The molecule has 2 aromatic carbocycles. The fourth-order valence-corrected chi connectivity index (χ4v) is 5.44. The highest BCUT2D eigenvalue weighted by molar-refractivity contribution is 7.89. The van der Waals surface area contributed by atoms with Gasteiger partial charge in [0.15, 0.2) is 6.10 Å². The standard InChI is InChI=1S/C26H36N2O4S/c1-20(2)23-10-12-24(13-11-23)32-21(3)26(29)27-17-16-22-8-14-25(15-9-22)33(30,31)28-18-6-4-5-7-19-28/h8-15,20-21H,4-7,16-19H2,1-3H3,(H,27,29). The number of hydrogen-bond donors (Lipinski definition) is 1. The highest BCUT2D eigenvalue weighted by atomic mass is 32.2. The van der Waals surface area contributed by atoms with Gasteiger partial charge in [-0.2, -0.15) is 4.31 Å². The second-order valence-electron chi connectivity index (χ2n) is 8.99. The van der Waals surface area contributed by atoms with E-state index in [-0.39, 0.29) is 5.91 Å². The lowest BCUT2D eigenvalue weighted by atomic mass is 10.0. The minimum atomic E-state index is -3.44. The first-order chi connectivity index (χ1) is 15.8. The minimum absolute atomic E-state index is 0.178. The number of amides is 1. The average molecular weight is 473 g/mol. The summed E-state index contributed by atoms with van der Waals surface area (Å²) in [4.78, 5) is 12.7. The van der Waals surface area contributed by atoms with Gasteiger partial charge in [-0.05, 0) is 67.5 Å². The molecule has 7 heteroatoms. The van der Waals surface area contributed by atoms with Crippen LogP contribution in [-0.4, -0.2) is 44.4 Å². The minimum Gasteiger partial charge on any atom is -0.481 e. The average Bonchev–Trinajstić information content (AvgIpc) is 3.10. The molecule has 0 aromatic heterocycles. The van der Waals surface area contributed by atoms with Crippen LogP contribution in [0.1, 0.15) is 63.5 Å². The molecular weight excluding hydrogens is 436 g/mol. The van der Waals surface area contributed by atoms with E-state index in [9.17, 15) is 13.2 Å². The second kappa shape index (κ2) is 11.7. The molecule has 0 spiro atoms. The van der Waals surface area contributed by atoms with Crippen LogP contribution in [0.5, 0.6) is 5.75 Å². The van der Waals surface area contributed by atoms with Gasteiger partial charge < -0.3 is 10.1 Å². The van der Waals surface area contributed by atoms with Crippen LogP contribution in [-0.2, 0) is 21.2 Å². The summed E-state index contributed by atoms with van der Waals surface area (Å²) in [6.45, 7) is 7.64. The molecule has 33 heavy (non-hydrogen) atoms. The van der Waals surface area contributed by atoms with Crippen molar-refractivity contribution in [3.63, 3.8) is 0 Å². The number of benzene rings is 2. The summed E-state index contributed by atoms with van der Waals surface area (Å²) >= 11 is 0. The molecule has 0 aliphatic carbocycles. The topological polar surface area (TPSA) is 75.7 Å². The predicted octanol–water partition coefficient (Wildman–Crippen LogP) is 4.50. The SMILES string of the molecule is CC(Oc1ccc(C(C)C)cc1)C(=O)NCCc1ccc(S(=O)(=O)N2CCCCCC2)cc1.